The lowest BCUT2D eigenvalue weighted by Gasteiger charge is -2.20. The molecule has 4 aliphatic rings. The molecule has 2 saturated heterocycles. The molecule has 0 unspecified atom stereocenters. The number of carbonyl (C=O) groups is 3. The molecule has 326 valence electrons. The van der Waals surface area contributed by atoms with E-state index >= 15 is 0 Å². The summed E-state index contributed by atoms with van der Waals surface area (Å²) in [6.07, 6.45) is 6.39. The van der Waals surface area contributed by atoms with Crippen LogP contribution in [0.5, 0.6) is 28.7 Å². The predicted octanol–water partition coefficient (Wildman–Crippen LogP) is 8.71. The van der Waals surface area contributed by atoms with Crippen molar-refractivity contribution >= 4 is 59.2 Å². The minimum absolute atomic E-state index is 0.112. The van der Waals surface area contributed by atoms with Gasteiger partial charge in [0.2, 0.25) is 0 Å². The zero-order valence-corrected chi connectivity index (χ0v) is 36.5. The number of anilines is 1. The van der Waals surface area contributed by atoms with Crippen molar-refractivity contribution in [2.45, 2.75) is 56.9 Å². The molecule has 2 fully saturated rings. The molecule has 4 heterocycles. The van der Waals surface area contributed by atoms with Gasteiger partial charge >= 0.3 is 6.09 Å². The van der Waals surface area contributed by atoms with Crippen LogP contribution in [0, 0.1) is 0 Å². The van der Waals surface area contributed by atoms with Gasteiger partial charge in [-0.1, -0.05) is 43.4 Å². The molecular weight excluding hydrogens is 823 g/mol. The molecule has 4 aromatic rings. The molecule has 0 radical (unpaired) electrons. The number of aliphatic imine (C=N–C) groups is 2. The van der Waals surface area contributed by atoms with Crippen molar-refractivity contribution in [3.63, 3.8) is 0 Å². The Hall–Kier alpha value is -6.74. The number of benzene rings is 4. The third-order valence-electron chi connectivity index (χ3n) is 11.2. The maximum absolute atomic E-state index is 13.6. The van der Waals surface area contributed by atoms with E-state index in [0.717, 1.165) is 27.8 Å². The molecule has 0 spiro atoms. The number of thioether (sulfide) groups is 1. The minimum Gasteiger partial charge on any atom is -0.493 e. The van der Waals surface area contributed by atoms with Crippen LogP contribution in [-0.4, -0.2) is 97.6 Å². The summed E-state index contributed by atoms with van der Waals surface area (Å²) in [6, 6.07) is 19.5. The Labute approximate surface area is 370 Å². The Morgan fingerprint density at radius 3 is 1.73 bits per heavy atom. The van der Waals surface area contributed by atoms with E-state index in [1.807, 2.05) is 43.5 Å². The van der Waals surface area contributed by atoms with Gasteiger partial charge in [-0.3, -0.25) is 24.9 Å². The number of amides is 3. The highest BCUT2D eigenvalue weighted by Crippen LogP contribution is 2.41. The third kappa shape index (κ3) is 9.68. The summed E-state index contributed by atoms with van der Waals surface area (Å²) < 4.78 is 35.8. The van der Waals surface area contributed by atoms with Crippen molar-refractivity contribution in [1.82, 2.24) is 9.80 Å². The number of rotatable bonds is 15. The van der Waals surface area contributed by atoms with Crippen LogP contribution in [0.4, 0.5) is 21.9 Å². The van der Waals surface area contributed by atoms with Gasteiger partial charge in [-0.15, -0.1) is 0 Å². The molecule has 0 bridgehead atoms. The predicted molar refractivity (Wildman–Crippen MR) is 243 cm³/mol. The SMILES string of the molecule is C=C1C[C@H]2C=Nc3cc(OCc4cc(COc5cc6c(cc5OC)C(=O)N5CC(=C)C[C@H]5C=N6)cc(OCc5ccc(NC(=O)OC[C@@H](C)SC)cc5)c4)c(OC)cc3C(=O)N2C1. The van der Waals surface area contributed by atoms with E-state index in [0.29, 0.717) is 89.5 Å². The van der Waals surface area contributed by atoms with Crippen LogP contribution >= 0.6 is 11.8 Å². The van der Waals surface area contributed by atoms with Crippen LogP contribution < -0.4 is 29.0 Å². The van der Waals surface area contributed by atoms with Crippen molar-refractivity contribution in [2.75, 3.05) is 45.5 Å². The zero-order valence-electron chi connectivity index (χ0n) is 35.7. The fraction of sp³-hybridized carbons (Fsp3) is 0.312. The van der Waals surface area contributed by atoms with Gasteiger partial charge < -0.3 is 38.2 Å². The maximum Gasteiger partial charge on any atom is 0.411 e. The summed E-state index contributed by atoms with van der Waals surface area (Å²) in [6.45, 7) is 11.9. The standard InChI is InChI=1S/C48H49N5O9S/c1-28-11-35-20-49-40-18-44(42(57-4)16-38(40)46(54)52(35)22-28)60-26-32-13-33(15-37(14-32)59-25-31-7-9-34(10-8-31)51-48(56)62-24-30(3)63-6)27-61-45-19-41-39(17-43(45)58-5)47(55)53-23-29(2)12-36(53)21-50-41/h7-10,13-21,30,35-36H,1-2,11-12,22-27H2,3-6H3,(H,51,56)/t30-,35+,36+/m1/s1. The van der Waals surface area contributed by atoms with Crippen LogP contribution in [-0.2, 0) is 24.6 Å². The second-order valence-electron chi connectivity index (χ2n) is 15.8. The highest BCUT2D eigenvalue weighted by Gasteiger charge is 2.35. The smallest absolute Gasteiger partial charge is 0.411 e. The lowest BCUT2D eigenvalue weighted by molar-refractivity contribution is 0.0769. The summed E-state index contributed by atoms with van der Waals surface area (Å²) >= 11 is 1.62. The number of carbonyl (C=O) groups excluding carboxylic acids is 3. The van der Waals surface area contributed by atoms with Gasteiger partial charge in [0.1, 0.15) is 32.2 Å². The van der Waals surface area contributed by atoms with Crippen LogP contribution in [0.2, 0.25) is 0 Å². The van der Waals surface area contributed by atoms with E-state index < -0.39 is 6.09 Å². The number of hydrogen-bond acceptors (Lipinski definition) is 12. The highest BCUT2D eigenvalue weighted by atomic mass is 32.2. The molecule has 0 aromatic heterocycles. The molecule has 63 heavy (non-hydrogen) atoms. The first-order valence-corrected chi connectivity index (χ1v) is 21.8. The van der Waals surface area contributed by atoms with Crippen molar-refractivity contribution in [1.29, 1.82) is 0 Å². The largest absolute Gasteiger partial charge is 0.493 e. The quantitative estimate of drug-likeness (QED) is 0.115. The summed E-state index contributed by atoms with van der Waals surface area (Å²) in [5, 5.41) is 2.96. The fourth-order valence-corrected chi connectivity index (χ4v) is 7.98. The van der Waals surface area contributed by atoms with Crippen LogP contribution in [0.25, 0.3) is 0 Å². The van der Waals surface area contributed by atoms with Crippen molar-refractivity contribution in [2.24, 2.45) is 9.98 Å². The Bertz CT molecular complexity index is 2390. The van der Waals surface area contributed by atoms with Gasteiger partial charge in [0.05, 0.1) is 48.8 Å². The number of ether oxygens (including phenoxy) is 6. The molecule has 4 aromatic carbocycles. The number of nitrogens with zero attached hydrogens (tertiary/aromatic N) is 4. The zero-order chi connectivity index (χ0) is 44.2. The van der Waals surface area contributed by atoms with Crippen LogP contribution in [0.15, 0.2) is 101 Å². The average molecular weight is 872 g/mol. The summed E-state index contributed by atoms with van der Waals surface area (Å²) in [4.78, 5) is 52.3. The fourth-order valence-electron chi connectivity index (χ4n) is 7.78. The molecule has 4 aliphatic heterocycles. The number of methoxy groups -OCH3 is 2. The number of fused-ring (bicyclic) bond motifs is 4. The average Bonchev–Trinajstić information content (AvgIpc) is 3.80. The first-order valence-electron chi connectivity index (χ1n) is 20.5. The Morgan fingerprint density at radius 2 is 1.24 bits per heavy atom. The lowest BCUT2D eigenvalue weighted by atomic mass is 10.1. The first kappa shape index (κ1) is 42.9. The van der Waals surface area contributed by atoms with Gasteiger partial charge in [-0.25, -0.2) is 4.79 Å². The summed E-state index contributed by atoms with van der Waals surface area (Å²) in [5.41, 5.74) is 6.84. The lowest BCUT2D eigenvalue weighted by Crippen LogP contribution is -2.35. The van der Waals surface area contributed by atoms with Crippen molar-refractivity contribution in [3.8, 4) is 28.7 Å². The molecular formula is C48H49N5O9S. The third-order valence-corrected chi connectivity index (χ3v) is 12.1. The molecule has 14 nitrogen and oxygen atoms in total. The summed E-state index contributed by atoms with van der Waals surface area (Å²) in [5.74, 6) is 1.92. The topological polar surface area (TPSA) is 150 Å². The van der Waals surface area contributed by atoms with E-state index in [4.69, 9.17) is 28.4 Å². The molecule has 8 rings (SSSR count). The van der Waals surface area contributed by atoms with E-state index in [9.17, 15) is 14.4 Å². The van der Waals surface area contributed by atoms with Gasteiger partial charge in [0.25, 0.3) is 11.8 Å². The first-order chi connectivity index (χ1) is 30.5. The van der Waals surface area contributed by atoms with E-state index in [1.54, 1.807) is 70.4 Å². The molecule has 3 amide bonds. The highest BCUT2D eigenvalue weighted by molar-refractivity contribution is 7.99. The van der Waals surface area contributed by atoms with Gasteiger partial charge in [0.15, 0.2) is 23.0 Å². The number of hydrogen-bond donors (Lipinski definition) is 1. The Balaban J connectivity index is 1.02. The van der Waals surface area contributed by atoms with Crippen molar-refractivity contribution < 1.29 is 42.8 Å². The molecule has 15 heteroatoms. The molecule has 0 saturated carbocycles. The molecule has 1 N–H and O–H groups in total. The van der Waals surface area contributed by atoms with E-state index in [-0.39, 0.29) is 49.0 Å². The van der Waals surface area contributed by atoms with Gasteiger partial charge in [0, 0.05) is 48.6 Å². The van der Waals surface area contributed by atoms with Crippen molar-refractivity contribution in [3.05, 3.63) is 119 Å². The second kappa shape index (κ2) is 18.7. The maximum atomic E-state index is 13.6. The second-order valence-corrected chi connectivity index (χ2v) is 17.1. The Morgan fingerprint density at radius 1 is 0.730 bits per heavy atom. The summed E-state index contributed by atoms with van der Waals surface area (Å²) in [7, 11) is 3.06. The van der Waals surface area contributed by atoms with Crippen LogP contribution in [0.3, 0.4) is 0 Å². The van der Waals surface area contributed by atoms with E-state index in [2.05, 4.69) is 28.5 Å². The monoisotopic (exact) mass is 871 g/mol. The molecule has 0 aliphatic carbocycles. The van der Waals surface area contributed by atoms with Gasteiger partial charge in [-0.2, -0.15) is 11.8 Å². The Kier molecular flexibility index (Phi) is 12.7. The van der Waals surface area contributed by atoms with Crippen LogP contribution in [0.1, 0.15) is 57.2 Å². The minimum atomic E-state index is -0.512. The van der Waals surface area contributed by atoms with Gasteiger partial charge in [-0.05, 0) is 78.3 Å². The normalized spacial score (nSPS) is 17.8. The van der Waals surface area contributed by atoms with E-state index in [1.165, 1.54) is 14.2 Å². The number of nitrogens with one attached hydrogen (secondary N) is 1. The molecule has 3 atom stereocenters.